The van der Waals surface area contributed by atoms with Crippen molar-refractivity contribution in [2.45, 2.75) is 12.1 Å². The van der Waals surface area contributed by atoms with Crippen LogP contribution in [-0.2, 0) is 12.1 Å². The van der Waals surface area contributed by atoms with E-state index in [0.29, 0.717) is 5.69 Å². The van der Waals surface area contributed by atoms with Crippen LogP contribution in [0.1, 0.15) is 11.3 Å². The summed E-state index contributed by atoms with van der Waals surface area (Å²) in [6.07, 6.45) is -4.46. The van der Waals surface area contributed by atoms with Crippen LogP contribution in [0.5, 0.6) is 0 Å². The fourth-order valence-corrected chi connectivity index (χ4v) is 1.19. The molecule has 1 heterocycles. The molecule has 1 aromatic heterocycles. The van der Waals surface area contributed by atoms with E-state index in [2.05, 4.69) is 4.98 Å². The Morgan fingerprint density at radius 3 is 2.31 bits per heavy atom. The molecule has 0 unspecified atom stereocenters. The summed E-state index contributed by atoms with van der Waals surface area (Å²) < 4.78 is 36.4. The fraction of sp³-hybridized carbons (Fsp3) is 0.286. The summed E-state index contributed by atoms with van der Waals surface area (Å²) in [6, 6.07) is 2.06. The normalized spacial score (nSPS) is 11.8. The van der Waals surface area contributed by atoms with Crippen LogP contribution in [0.25, 0.3) is 0 Å². The molecule has 0 aliphatic carbocycles. The Morgan fingerprint density at radius 2 is 1.92 bits per heavy atom. The van der Waals surface area contributed by atoms with Crippen molar-refractivity contribution in [2.75, 3.05) is 0 Å². The topological polar surface area (TPSA) is 12.9 Å². The number of hydrogen-bond donors (Lipinski definition) is 0. The Labute approximate surface area is 82.5 Å². The van der Waals surface area contributed by atoms with Gasteiger partial charge in [-0.1, -0.05) is 11.6 Å². The van der Waals surface area contributed by atoms with Gasteiger partial charge in [-0.25, -0.2) is 4.98 Å². The number of nitrogens with zero attached hydrogens (tertiary/aromatic N) is 1. The predicted molar refractivity (Wildman–Crippen MR) is 43.8 cm³/mol. The van der Waals surface area contributed by atoms with Crippen molar-refractivity contribution < 1.29 is 13.2 Å². The highest BCUT2D eigenvalue weighted by Gasteiger charge is 2.33. The third-order valence-electron chi connectivity index (χ3n) is 1.35. The lowest BCUT2D eigenvalue weighted by molar-refractivity contribution is -0.137. The van der Waals surface area contributed by atoms with Crippen molar-refractivity contribution in [3.05, 3.63) is 28.5 Å². The van der Waals surface area contributed by atoms with Gasteiger partial charge in [-0.05, 0) is 12.1 Å². The van der Waals surface area contributed by atoms with Gasteiger partial charge in [0.25, 0.3) is 0 Å². The summed E-state index contributed by atoms with van der Waals surface area (Å²) in [4.78, 5) is 3.47. The lowest BCUT2D eigenvalue weighted by atomic mass is 10.2. The van der Waals surface area contributed by atoms with E-state index in [0.717, 1.165) is 6.07 Å². The molecule has 0 N–H and O–H groups in total. The van der Waals surface area contributed by atoms with E-state index in [1.807, 2.05) is 0 Å². The molecule has 6 heteroatoms. The molecule has 0 fully saturated rings. The van der Waals surface area contributed by atoms with Crippen LogP contribution in [0, 0.1) is 0 Å². The van der Waals surface area contributed by atoms with Crippen LogP contribution in [0.15, 0.2) is 12.1 Å². The van der Waals surface area contributed by atoms with Crippen molar-refractivity contribution >= 4 is 23.2 Å². The third kappa shape index (κ3) is 2.48. The number of aromatic nitrogens is 1. The van der Waals surface area contributed by atoms with Gasteiger partial charge in [0.15, 0.2) is 0 Å². The van der Waals surface area contributed by atoms with Crippen molar-refractivity contribution in [1.82, 2.24) is 4.98 Å². The fourth-order valence-electron chi connectivity index (χ4n) is 0.758. The van der Waals surface area contributed by atoms with E-state index >= 15 is 0 Å². The van der Waals surface area contributed by atoms with Crippen molar-refractivity contribution in [1.29, 1.82) is 0 Å². The van der Waals surface area contributed by atoms with E-state index < -0.39 is 16.9 Å². The van der Waals surface area contributed by atoms with Gasteiger partial charge in [0.2, 0.25) is 0 Å². The monoisotopic (exact) mass is 229 g/mol. The second kappa shape index (κ2) is 3.72. The molecule has 0 radical (unpaired) electrons. The molecule has 1 aromatic rings. The first-order valence-corrected chi connectivity index (χ1v) is 4.15. The summed E-state index contributed by atoms with van der Waals surface area (Å²) in [5.41, 5.74) is -0.622. The van der Waals surface area contributed by atoms with Crippen LogP contribution in [0.3, 0.4) is 0 Å². The number of pyridine rings is 1. The molecule has 0 atom stereocenters. The maximum Gasteiger partial charge on any atom is 0.419 e. The molecule has 1 nitrogen and oxygen atoms in total. The third-order valence-corrected chi connectivity index (χ3v) is 1.91. The lowest BCUT2D eigenvalue weighted by Gasteiger charge is -2.08. The standard InChI is InChI=1S/C7H4Cl2F3N/c8-3-4-1-2-5(6(9)13-4)7(10,11)12/h1-2H,3H2. The smallest absolute Gasteiger partial charge is 0.239 e. The highest BCUT2D eigenvalue weighted by atomic mass is 35.5. The number of hydrogen-bond acceptors (Lipinski definition) is 1. The molecule has 0 bridgehead atoms. The lowest BCUT2D eigenvalue weighted by Crippen LogP contribution is -2.07. The zero-order valence-corrected chi connectivity index (χ0v) is 7.71. The Morgan fingerprint density at radius 1 is 1.31 bits per heavy atom. The second-order valence-electron chi connectivity index (χ2n) is 2.27. The number of alkyl halides is 4. The minimum atomic E-state index is -4.46. The van der Waals surface area contributed by atoms with Crippen LogP contribution >= 0.6 is 23.2 Å². The molecule has 0 aliphatic rings. The van der Waals surface area contributed by atoms with E-state index in [9.17, 15) is 13.2 Å². The van der Waals surface area contributed by atoms with Crippen molar-refractivity contribution in [3.8, 4) is 0 Å². The molecular weight excluding hydrogens is 226 g/mol. The Balaban J connectivity index is 3.13. The van der Waals surface area contributed by atoms with Gasteiger partial charge >= 0.3 is 6.18 Å². The van der Waals surface area contributed by atoms with Gasteiger partial charge < -0.3 is 0 Å². The summed E-state index contributed by atoms with van der Waals surface area (Å²) >= 11 is 10.7. The minimum Gasteiger partial charge on any atom is -0.239 e. The maximum atomic E-state index is 12.1. The quantitative estimate of drug-likeness (QED) is 0.531. The first kappa shape index (κ1) is 10.6. The second-order valence-corrected chi connectivity index (χ2v) is 2.90. The Hall–Kier alpha value is -0.480. The van der Waals surface area contributed by atoms with E-state index in [1.54, 1.807) is 0 Å². The van der Waals surface area contributed by atoms with Gasteiger partial charge in [0, 0.05) is 0 Å². The SMILES string of the molecule is FC(F)(F)c1ccc(CCl)nc1Cl. The van der Waals surface area contributed by atoms with Crippen LogP contribution in [0.4, 0.5) is 13.2 Å². The molecule has 0 amide bonds. The number of rotatable bonds is 1. The average molecular weight is 230 g/mol. The van der Waals surface area contributed by atoms with Crippen molar-refractivity contribution in [2.24, 2.45) is 0 Å². The first-order chi connectivity index (χ1) is 5.95. The Kier molecular flexibility index (Phi) is 3.03. The van der Waals surface area contributed by atoms with Gasteiger partial charge in [0.05, 0.1) is 17.1 Å². The molecule has 1 rings (SSSR count). The summed E-state index contributed by atoms with van der Waals surface area (Å²) in [6.45, 7) is 0. The van der Waals surface area contributed by atoms with Gasteiger partial charge in [-0.15, -0.1) is 11.6 Å². The van der Waals surface area contributed by atoms with E-state index in [-0.39, 0.29) is 5.88 Å². The molecule has 0 aliphatic heterocycles. The highest BCUT2D eigenvalue weighted by Crippen LogP contribution is 2.33. The molecule has 13 heavy (non-hydrogen) atoms. The predicted octanol–water partition coefficient (Wildman–Crippen LogP) is 3.49. The first-order valence-electron chi connectivity index (χ1n) is 3.23. The molecular formula is C7H4Cl2F3N. The highest BCUT2D eigenvalue weighted by molar-refractivity contribution is 6.30. The van der Waals surface area contributed by atoms with Crippen LogP contribution in [0.2, 0.25) is 5.15 Å². The molecule has 72 valence electrons. The molecule has 0 saturated heterocycles. The van der Waals surface area contributed by atoms with Gasteiger partial charge in [0.1, 0.15) is 5.15 Å². The van der Waals surface area contributed by atoms with E-state index in [1.165, 1.54) is 6.07 Å². The molecule has 0 aromatic carbocycles. The van der Waals surface area contributed by atoms with Crippen molar-refractivity contribution in [3.63, 3.8) is 0 Å². The zero-order chi connectivity index (χ0) is 10.1. The maximum absolute atomic E-state index is 12.1. The number of halogens is 5. The zero-order valence-electron chi connectivity index (χ0n) is 6.20. The summed E-state index contributed by atoms with van der Waals surface area (Å²) in [5, 5.41) is -0.564. The minimum absolute atomic E-state index is 0.0395. The van der Waals surface area contributed by atoms with Crippen LogP contribution in [-0.4, -0.2) is 4.98 Å². The molecule has 0 spiro atoms. The average Bonchev–Trinajstić information content (AvgIpc) is 2.01. The largest absolute Gasteiger partial charge is 0.419 e. The van der Waals surface area contributed by atoms with Gasteiger partial charge in [-0.2, -0.15) is 13.2 Å². The Bertz CT molecular complexity index is 311. The molecule has 0 saturated carbocycles. The van der Waals surface area contributed by atoms with Gasteiger partial charge in [-0.3, -0.25) is 0 Å². The van der Waals surface area contributed by atoms with E-state index in [4.69, 9.17) is 23.2 Å². The summed E-state index contributed by atoms with van der Waals surface area (Å²) in [7, 11) is 0. The van der Waals surface area contributed by atoms with Crippen LogP contribution < -0.4 is 0 Å². The summed E-state index contributed by atoms with van der Waals surface area (Å²) in [5.74, 6) is 0.0395.